The lowest BCUT2D eigenvalue weighted by atomic mass is 10.0. The highest BCUT2D eigenvalue weighted by atomic mass is 16.5. The van der Waals surface area contributed by atoms with Crippen molar-refractivity contribution in [3.8, 4) is 0 Å². The van der Waals surface area contributed by atoms with Gasteiger partial charge in [0.05, 0.1) is 32.0 Å². The van der Waals surface area contributed by atoms with Gasteiger partial charge in [0.25, 0.3) is 0 Å². The second-order valence-electron chi connectivity index (χ2n) is 6.28. The average molecular weight is 305 g/mol. The molecule has 4 heteroatoms. The van der Waals surface area contributed by atoms with E-state index in [2.05, 4.69) is 35.2 Å². The molecule has 1 saturated heterocycles. The van der Waals surface area contributed by atoms with Crippen LogP contribution in [0.25, 0.3) is 0 Å². The van der Waals surface area contributed by atoms with E-state index >= 15 is 0 Å². The summed E-state index contributed by atoms with van der Waals surface area (Å²) in [5, 5.41) is 0. The van der Waals surface area contributed by atoms with Crippen LogP contribution in [0.15, 0.2) is 30.3 Å². The van der Waals surface area contributed by atoms with Crippen molar-refractivity contribution in [1.29, 1.82) is 0 Å². The third kappa shape index (κ3) is 4.53. The number of morpholine rings is 1. The molecule has 22 heavy (non-hydrogen) atoms. The highest BCUT2D eigenvalue weighted by Crippen LogP contribution is 2.39. The highest BCUT2D eigenvalue weighted by molar-refractivity contribution is 5.18. The molecule has 122 valence electrons. The van der Waals surface area contributed by atoms with Crippen LogP contribution in [0.2, 0.25) is 0 Å². The Balaban J connectivity index is 1.53. The van der Waals surface area contributed by atoms with Gasteiger partial charge in [-0.3, -0.25) is 4.90 Å². The van der Waals surface area contributed by atoms with Crippen molar-refractivity contribution in [2.24, 2.45) is 5.92 Å². The van der Waals surface area contributed by atoms with E-state index in [-0.39, 0.29) is 6.10 Å². The maximum Gasteiger partial charge on any atom is 0.0956 e. The molecule has 0 N–H and O–H groups in total. The summed E-state index contributed by atoms with van der Waals surface area (Å²) in [7, 11) is 1.70. The first kappa shape index (κ1) is 15.9. The van der Waals surface area contributed by atoms with E-state index in [4.69, 9.17) is 14.2 Å². The molecule has 1 aliphatic heterocycles. The lowest BCUT2D eigenvalue weighted by Gasteiger charge is -2.38. The van der Waals surface area contributed by atoms with Gasteiger partial charge >= 0.3 is 0 Å². The Morgan fingerprint density at radius 1 is 1.09 bits per heavy atom. The summed E-state index contributed by atoms with van der Waals surface area (Å²) < 4.78 is 17.0. The molecule has 2 aliphatic rings. The van der Waals surface area contributed by atoms with E-state index in [0.29, 0.717) is 19.3 Å². The minimum atomic E-state index is 0.194. The normalized spacial score (nSPS) is 26.2. The summed E-state index contributed by atoms with van der Waals surface area (Å²) in [5.41, 5.74) is 1.29. The van der Waals surface area contributed by atoms with Crippen LogP contribution in [0.4, 0.5) is 0 Å². The number of rotatable bonds is 8. The summed E-state index contributed by atoms with van der Waals surface area (Å²) in [6, 6.07) is 10.6. The zero-order chi connectivity index (χ0) is 15.2. The Kier molecular flexibility index (Phi) is 5.84. The third-order valence-corrected chi connectivity index (χ3v) is 4.50. The monoisotopic (exact) mass is 305 g/mol. The first-order chi connectivity index (χ1) is 10.9. The molecule has 2 fully saturated rings. The van der Waals surface area contributed by atoms with Gasteiger partial charge in [-0.05, 0) is 24.3 Å². The van der Waals surface area contributed by atoms with Crippen LogP contribution in [-0.4, -0.2) is 57.6 Å². The number of methoxy groups -OCH3 is 1. The number of nitrogens with zero attached hydrogens (tertiary/aromatic N) is 1. The average Bonchev–Trinajstić information content (AvgIpc) is 3.40. The van der Waals surface area contributed by atoms with Crippen molar-refractivity contribution in [2.45, 2.75) is 25.0 Å². The second kappa shape index (κ2) is 8.06. The summed E-state index contributed by atoms with van der Waals surface area (Å²) in [6.45, 7) is 5.08. The van der Waals surface area contributed by atoms with E-state index in [1.165, 1.54) is 18.4 Å². The molecule has 0 amide bonds. The Morgan fingerprint density at radius 3 is 2.64 bits per heavy atom. The molecule has 1 aromatic rings. The van der Waals surface area contributed by atoms with E-state index in [1.807, 2.05) is 0 Å². The van der Waals surface area contributed by atoms with Crippen LogP contribution >= 0.6 is 0 Å². The third-order valence-electron chi connectivity index (χ3n) is 4.50. The van der Waals surface area contributed by atoms with Crippen LogP contribution in [0.5, 0.6) is 0 Å². The fourth-order valence-electron chi connectivity index (χ4n) is 3.06. The number of ether oxygens (including phenoxy) is 3. The predicted molar refractivity (Wildman–Crippen MR) is 85.9 cm³/mol. The molecule has 0 aromatic heterocycles. The van der Waals surface area contributed by atoms with E-state index in [9.17, 15) is 0 Å². The van der Waals surface area contributed by atoms with Gasteiger partial charge in [0.2, 0.25) is 0 Å². The number of benzene rings is 1. The quantitative estimate of drug-likeness (QED) is 0.691. The zero-order valence-corrected chi connectivity index (χ0v) is 13.4. The van der Waals surface area contributed by atoms with Crippen molar-refractivity contribution in [3.05, 3.63) is 35.9 Å². The Labute approximate surface area is 133 Å². The van der Waals surface area contributed by atoms with Crippen LogP contribution in [0.1, 0.15) is 24.5 Å². The van der Waals surface area contributed by atoms with Crippen LogP contribution < -0.4 is 0 Å². The molecule has 0 radical (unpaired) electrons. The fourth-order valence-corrected chi connectivity index (χ4v) is 3.06. The maximum absolute atomic E-state index is 6.37. The molecular formula is C18H27NO3. The van der Waals surface area contributed by atoms with Gasteiger partial charge in [-0.25, -0.2) is 0 Å². The first-order valence-electron chi connectivity index (χ1n) is 8.36. The molecule has 4 nitrogen and oxygen atoms in total. The first-order valence-corrected chi connectivity index (χ1v) is 8.36. The minimum Gasteiger partial charge on any atom is -0.382 e. The largest absolute Gasteiger partial charge is 0.382 e. The van der Waals surface area contributed by atoms with Crippen LogP contribution in [0.3, 0.4) is 0 Å². The molecule has 0 bridgehead atoms. The van der Waals surface area contributed by atoms with E-state index < -0.39 is 0 Å². The van der Waals surface area contributed by atoms with E-state index in [1.54, 1.807) is 7.11 Å². The van der Waals surface area contributed by atoms with Gasteiger partial charge in [0.15, 0.2) is 0 Å². The lowest BCUT2D eigenvalue weighted by molar-refractivity contribution is -0.100. The summed E-state index contributed by atoms with van der Waals surface area (Å²) >= 11 is 0. The van der Waals surface area contributed by atoms with Crippen molar-refractivity contribution >= 4 is 0 Å². The molecule has 1 aliphatic carbocycles. The lowest BCUT2D eigenvalue weighted by Crippen LogP contribution is -2.46. The van der Waals surface area contributed by atoms with Crippen molar-refractivity contribution in [2.75, 3.05) is 46.6 Å². The number of hydrogen-bond donors (Lipinski definition) is 0. The van der Waals surface area contributed by atoms with Crippen LogP contribution in [0, 0.1) is 5.92 Å². The van der Waals surface area contributed by atoms with Gasteiger partial charge < -0.3 is 14.2 Å². The summed E-state index contributed by atoms with van der Waals surface area (Å²) in [4.78, 5) is 2.50. The molecule has 2 atom stereocenters. The van der Waals surface area contributed by atoms with Crippen molar-refractivity contribution in [1.82, 2.24) is 4.90 Å². The van der Waals surface area contributed by atoms with Crippen molar-refractivity contribution in [3.63, 3.8) is 0 Å². The molecular weight excluding hydrogens is 278 g/mol. The zero-order valence-electron chi connectivity index (χ0n) is 13.4. The number of hydrogen-bond acceptors (Lipinski definition) is 4. The Morgan fingerprint density at radius 2 is 1.91 bits per heavy atom. The van der Waals surface area contributed by atoms with Gasteiger partial charge in [-0.15, -0.1) is 0 Å². The topological polar surface area (TPSA) is 30.9 Å². The standard InChI is InChI=1S/C18H27NO3/c1-20-11-12-21-10-9-19-13-17(15-5-3-2-4-6-15)22-18(14-19)16-7-8-16/h2-6,16-18H,7-14H2,1H3/t17-,18+/m0/s1. The van der Waals surface area contributed by atoms with Gasteiger partial charge in [-0.1, -0.05) is 30.3 Å². The van der Waals surface area contributed by atoms with Crippen molar-refractivity contribution < 1.29 is 14.2 Å². The second-order valence-corrected chi connectivity index (χ2v) is 6.28. The van der Waals surface area contributed by atoms with Gasteiger partial charge in [-0.2, -0.15) is 0 Å². The Hall–Kier alpha value is -0.940. The summed E-state index contributed by atoms with van der Waals surface area (Å²) in [6.07, 6.45) is 3.23. The van der Waals surface area contributed by atoms with Crippen LogP contribution in [-0.2, 0) is 14.2 Å². The van der Waals surface area contributed by atoms with Gasteiger partial charge in [0, 0.05) is 26.7 Å². The summed E-state index contributed by atoms with van der Waals surface area (Å²) in [5.74, 6) is 0.767. The minimum absolute atomic E-state index is 0.194. The highest BCUT2D eigenvalue weighted by Gasteiger charge is 2.38. The molecule has 1 saturated carbocycles. The fraction of sp³-hybridized carbons (Fsp3) is 0.667. The van der Waals surface area contributed by atoms with Gasteiger partial charge in [0.1, 0.15) is 0 Å². The predicted octanol–water partition coefficient (Wildman–Crippen LogP) is 2.50. The molecule has 0 unspecified atom stereocenters. The molecule has 1 heterocycles. The van der Waals surface area contributed by atoms with E-state index in [0.717, 1.165) is 32.2 Å². The maximum atomic E-state index is 6.37. The Bertz CT molecular complexity index is 435. The molecule has 1 aromatic carbocycles. The molecule has 0 spiro atoms. The molecule has 3 rings (SSSR count). The smallest absolute Gasteiger partial charge is 0.0956 e. The SMILES string of the molecule is COCCOCCN1C[C@@H](c2ccccc2)O[C@@H](C2CC2)C1.